The molecule has 0 unspecified atom stereocenters. The van der Waals surface area contributed by atoms with Crippen LogP contribution >= 0.6 is 0 Å². The molecule has 1 aliphatic heterocycles. The lowest BCUT2D eigenvalue weighted by atomic mass is 9.68. The highest BCUT2D eigenvalue weighted by molar-refractivity contribution is 4.87. The molecule has 1 heterocycles. The van der Waals surface area contributed by atoms with Gasteiger partial charge in [-0.05, 0) is 37.5 Å². The van der Waals surface area contributed by atoms with E-state index in [0.29, 0.717) is 0 Å². The van der Waals surface area contributed by atoms with E-state index in [1.54, 1.807) is 0 Å². The first-order valence-electron chi connectivity index (χ1n) is 7.87. The van der Waals surface area contributed by atoms with Crippen molar-refractivity contribution in [2.75, 3.05) is 13.2 Å². The number of unbranched alkanes of at least 4 members (excludes halogenated alkanes) is 1. The second kappa shape index (κ2) is 6.38. The molecule has 1 saturated carbocycles. The Balaban J connectivity index is 1.79. The summed E-state index contributed by atoms with van der Waals surface area (Å²) in [5.41, 5.74) is 0.267. The summed E-state index contributed by atoms with van der Waals surface area (Å²) in [6.45, 7) is 8.77. The molecule has 0 atom stereocenters. The van der Waals surface area contributed by atoms with Crippen molar-refractivity contribution in [3.05, 3.63) is 0 Å². The molecule has 0 aromatic carbocycles. The van der Waals surface area contributed by atoms with Crippen LogP contribution < -0.4 is 0 Å². The molecule has 0 bridgehead atoms. The highest BCUT2D eigenvalue weighted by Gasteiger charge is 2.40. The molecule has 0 aromatic heterocycles. The van der Waals surface area contributed by atoms with Crippen LogP contribution in [0.1, 0.15) is 65.7 Å². The molecule has 106 valence electrons. The van der Waals surface area contributed by atoms with E-state index in [2.05, 4.69) is 20.8 Å². The monoisotopic (exact) mass is 254 g/mol. The Morgan fingerprint density at radius 1 is 1.06 bits per heavy atom. The number of hydrogen-bond donors (Lipinski definition) is 0. The summed E-state index contributed by atoms with van der Waals surface area (Å²) in [7, 11) is 0. The average Bonchev–Trinajstić information content (AvgIpc) is 2.39. The lowest BCUT2D eigenvalue weighted by Gasteiger charge is -2.45. The quantitative estimate of drug-likeness (QED) is 0.741. The number of rotatable bonds is 4. The SMILES string of the molecule is CCCC[C@H]1OC[C@@](C)(C2CCC(C)CC2)CO1. The van der Waals surface area contributed by atoms with Crippen LogP contribution in [0.25, 0.3) is 0 Å². The third-order valence-electron chi connectivity index (χ3n) is 4.99. The molecule has 0 spiro atoms. The van der Waals surface area contributed by atoms with Gasteiger partial charge in [-0.1, -0.05) is 40.0 Å². The Kier molecular flexibility index (Phi) is 5.08. The molecule has 2 heteroatoms. The van der Waals surface area contributed by atoms with Gasteiger partial charge in [0, 0.05) is 5.41 Å². The minimum Gasteiger partial charge on any atom is -0.352 e. The summed E-state index contributed by atoms with van der Waals surface area (Å²) in [5, 5.41) is 0. The van der Waals surface area contributed by atoms with Gasteiger partial charge in [-0.2, -0.15) is 0 Å². The molecular weight excluding hydrogens is 224 g/mol. The molecule has 18 heavy (non-hydrogen) atoms. The average molecular weight is 254 g/mol. The van der Waals surface area contributed by atoms with E-state index in [-0.39, 0.29) is 11.7 Å². The second-order valence-electron chi connectivity index (χ2n) is 6.80. The standard InChI is InChI=1S/C16H30O2/c1-4-5-6-15-17-11-16(3,12-18-15)14-9-7-13(2)8-10-14/h13-15H,4-12H2,1-3H3/t13?,14?,15-,16+. The molecule has 2 nitrogen and oxygen atoms in total. The van der Waals surface area contributed by atoms with E-state index in [0.717, 1.165) is 31.5 Å². The van der Waals surface area contributed by atoms with Gasteiger partial charge in [-0.15, -0.1) is 0 Å². The minimum atomic E-state index is 0.0699. The van der Waals surface area contributed by atoms with Gasteiger partial charge in [-0.25, -0.2) is 0 Å². The predicted octanol–water partition coefficient (Wildman–Crippen LogP) is 4.38. The topological polar surface area (TPSA) is 18.5 Å². The van der Waals surface area contributed by atoms with Gasteiger partial charge in [0.1, 0.15) is 0 Å². The summed E-state index contributed by atoms with van der Waals surface area (Å²) in [6, 6.07) is 0. The first-order chi connectivity index (χ1) is 8.64. The molecule has 0 amide bonds. The first kappa shape index (κ1) is 14.3. The van der Waals surface area contributed by atoms with E-state index < -0.39 is 0 Å². The van der Waals surface area contributed by atoms with Crippen molar-refractivity contribution in [3.8, 4) is 0 Å². The maximum Gasteiger partial charge on any atom is 0.157 e. The molecule has 1 aliphatic carbocycles. The summed E-state index contributed by atoms with van der Waals surface area (Å²) >= 11 is 0. The molecule has 2 aliphatic rings. The second-order valence-corrected chi connectivity index (χ2v) is 6.80. The number of hydrogen-bond acceptors (Lipinski definition) is 2. The molecule has 0 radical (unpaired) electrons. The summed E-state index contributed by atoms with van der Waals surface area (Å²) in [4.78, 5) is 0. The molecular formula is C16H30O2. The zero-order valence-corrected chi connectivity index (χ0v) is 12.4. The van der Waals surface area contributed by atoms with Crippen molar-refractivity contribution in [2.24, 2.45) is 17.3 Å². The van der Waals surface area contributed by atoms with Crippen LogP contribution in [-0.4, -0.2) is 19.5 Å². The van der Waals surface area contributed by atoms with Crippen molar-refractivity contribution in [1.82, 2.24) is 0 Å². The van der Waals surface area contributed by atoms with Crippen LogP contribution in [0.3, 0.4) is 0 Å². The lowest BCUT2D eigenvalue weighted by molar-refractivity contribution is -0.241. The van der Waals surface area contributed by atoms with E-state index in [4.69, 9.17) is 9.47 Å². The largest absolute Gasteiger partial charge is 0.352 e. The Morgan fingerprint density at radius 2 is 1.67 bits per heavy atom. The minimum absolute atomic E-state index is 0.0699. The third-order valence-corrected chi connectivity index (χ3v) is 4.99. The zero-order valence-electron chi connectivity index (χ0n) is 12.4. The van der Waals surface area contributed by atoms with Crippen LogP contribution in [0.15, 0.2) is 0 Å². The first-order valence-corrected chi connectivity index (χ1v) is 7.87. The van der Waals surface area contributed by atoms with Gasteiger partial charge < -0.3 is 9.47 Å². The van der Waals surface area contributed by atoms with Crippen LogP contribution in [-0.2, 0) is 9.47 Å². The van der Waals surface area contributed by atoms with Gasteiger partial charge in [0.2, 0.25) is 0 Å². The zero-order chi connectivity index (χ0) is 13.0. The van der Waals surface area contributed by atoms with Crippen molar-refractivity contribution >= 4 is 0 Å². The summed E-state index contributed by atoms with van der Waals surface area (Å²) in [6.07, 6.45) is 9.07. The maximum absolute atomic E-state index is 5.95. The van der Waals surface area contributed by atoms with E-state index in [9.17, 15) is 0 Å². The van der Waals surface area contributed by atoms with Crippen molar-refractivity contribution in [1.29, 1.82) is 0 Å². The lowest BCUT2D eigenvalue weighted by Crippen LogP contribution is -2.45. The Morgan fingerprint density at radius 3 is 2.22 bits per heavy atom. The van der Waals surface area contributed by atoms with Gasteiger partial charge in [-0.3, -0.25) is 0 Å². The number of ether oxygens (including phenoxy) is 2. The fraction of sp³-hybridized carbons (Fsp3) is 1.00. The fourth-order valence-electron chi connectivity index (χ4n) is 3.39. The van der Waals surface area contributed by atoms with Crippen LogP contribution in [0.2, 0.25) is 0 Å². The molecule has 1 saturated heterocycles. The van der Waals surface area contributed by atoms with E-state index >= 15 is 0 Å². The third kappa shape index (κ3) is 3.48. The Hall–Kier alpha value is -0.0800. The highest BCUT2D eigenvalue weighted by atomic mass is 16.7. The maximum atomic E-state index is 5.95. The van der Waals surface area contributed by atoms with Crippen molar-refractivity contribution in [2.45, 2.75) is 72.0 Å². The highest BCUT2D eigenvalue weighted by Crippen LogP contribution is 2.42. The van der Waals surface area contributed by atoms with Gasteiger partial charge in [0.05, 0.1) is 13.2 Å². The fourth-order valence-corrected chi connectivity index (χ4v) is 3.39. The van der Waals surface area contributed by atoms with E-state index in [1.165, 1.54) is 38.5 Å². The molecule has 0 aromatic rings. The van der Waals surface area contributed by atoms with Crippen LogP contribution in [0.5, 0.6) is 0 Å². The smallest absolute Gasteiger partial charge is 0.157 e. The van der Waals surface area contributed by atoms with Gasteiger partial charge >= 0.3 is 0 Å². The van der Waals surface area contributed by atoms with Gasteiger partial charge in [0.25, 0.3) is 0 Å². The summed E-state index contributed by atoms with van der Waals surface area (Å²) < 4.78 is 11.9. The predicted molar refractivity (Wildman–Crippen MR) is 74.4 cm³/mol. The normalized spacial score (nSPS) is 41.8. The Bertz CT molecular complexity index is 235. The molecule has 2 fully saturated rings. The molecule has 2 rings (SSSR count). The van der Waals surface area contributed by atoms with Crippen molar-refractivity contribution in [3.63, 3.8) is 0 Å². The van der Waals surface area contributed by atoms with Crippen LogP contribution in [0, 0.1) is 17.3 Å². The van der Waals surface area contributed by atoms with E-state index in [1.807, 2.05) is 0 Å². The molecule has 0 N–H and O–H groups in total. The Labute approximate surface area is 112 Å². The van der Waals surface area contributed by atoms with Crippen molar-refractivity contribution < 1.29 is 9.47 Å². The van der Waals surface area contributed by atoms with Crippen LogP contribution in [0.4, 0.5) is 0 Å². The summed E-state index contributed by atoms with van der Waals surface area (Å²) in [5.74, 6) is 1.73. The van der Waals surface area contributed by atoms with Gasteiger partial charge in [0.15, 0.2) is 6.29 Å².